The Bertz CT molecular complexity index is 843. The Labute approximate surface area is 132 Å². The second-order valence-corrected chi connectivity index (χ2v) is 6.54. The van der Waals surface area contributed by atoms with Gasteiger partial charge < -0.3 is 10.8 Å². The summed E-state index contributed by atoms with van der Waals surface area (Å²) < 4.78 is 0. The summed E-state index contributed by atoms with van der Waals surface area (Å²) in [6, 6.07) is 12.5. The fourth-order valence-corrected chi connectivity index (χ4v) is 4.14. The van der Waals surface area contributed by atoms with Gasteiger partial charge in [0, 0.05) is 20.9 Å². The van der Waals surface area contributed by atoms with Gasteiger partial charge in [0.1, 0.15) is 0 Å². The molecule has 1 aromatic carbocycles. The number of benzene rings is 1. The van der Waals surface area contributed by atoms with E-state index < -0.39 is 0 Å². The smallest absolute Gasteiger partial charge is 0.223 e. The van der Waals surface area contributed by atoms with Crippen molar-refractivity contribution in [3.8, 4) is 27.6 Å². The number of nitrogen functional groups attached to an aromatic ring is 1. The summed E-state index contributed by atoms with van der Waals surface area (Å²) in [5.41, 5.74) is 9.61. The zero-order chi connectivity index (χ0) is 15.1. The summed E-state index contributed by atoms with van der Waals surface area (Å²) in [6.45, 7) is 0. The number of hydrogen-bond acceptors (Lipinski definition) is 5. The molecule has 0 saturated carbocycles. The van der Waals surface area contributed by atoms with Crippen LogP contribution in [0.15, 0.2) is 36.4 Å². The number of aryl methyl sites for hydroxylation is 1. The topological polar surface area (TPSA) is 72.0 Å². The van der Waals surface area contributed by atoms with Crippen LogP contribution in [-0.4, -0.2) is 15.1 Å². The van der Waals surface area contributed by atoms with E-state index in [1.807, 2.05) is 18.2 Å². The van der Waals surface area contributed by atoms with E-state index in [9.17, 15) is 5.11 Å². The monoisotopic (exact) mass is 309 g/mol. The van der Waals surface area contributed by atoms with E-state index in [-0.39, 0.29) is 11.8 Å². The predicted molar refractivity (Wildman–Crippen MR) is 88.9 cm³/mol. The van der Waals surface area contributed by atoms with Crippen molar-refractivity contribution < 1.29 is 5.11 Å². The van der Waals surface area contributed by atoms with Crippen molar-refractivity contribution in [3.63, 3.8) is 0 Å². The van der Waals surface area contributed by atoms with E-state index in [1.54, 1.807) is 11.3 Å². The van der Waals surface area contributed by atoms with Crippen LogP contribution in [0.1, 0.15) is 16.9 Å². The largest absolute Gasteiger partial charge is 0.493 e. The molecule has 110 valence electrons. The van der Waals surface area contributed by atoms with Crippen molar-refractivity contribution in [1.82, 2.24) is 9.97 Å². The molecule has 0 saturated heterocycles. The van der Waals surface area contributed by atoms with Gasteiger partial charge in [0.05, 0.1) is 5.69 Å². The van der Waals surface area contributed by atoms with Crippen LogP contribution in [0.4, 0.5) is 5.95 Å². The third-order valence-electron chi connectivity index (χ3n) is 3.96. The van der Waals surface area contributed by atoms with Crippen molar-refractivity contribution in [2.24, 2.45) is 0 Å². The lowest BCUT2D eigenvalue weighted by molar-refractivity contribution is 0.445. The number of aromatic nitrogens is 2. The van der Waals surface area contributed by atoms with Crippen molar-refractivity contribution in [2.45, 2.75) is 19.3 Å². The predicted octanol–water partition coefficient (Wildman–Crippen LogP) is 3.65. The summed E-state index contributed by atoms with van der Waals surface area (Å²) in [5, 5.41) is 10.1. The molecule has 0 spiro atoms. The highest BCUT2D eigenvalue weighted by molar-refractivity contribution is 7.16. The molecule has 2 heterocycles. The van der Waals surface area contributed by atoms with Crippen LogP contribution >= 0.6 is 11.3 Å². The number of anilines is 1. The molecule has 4 rings (SSSR count). The number of nitrogens with two attached hydrogens (primary N) is 1. The molecule has 5 heteroatoms. The summed E-state index contributed by atoms with van der Waals surface area (Å²) >= 11 is 1.79. The fourth-order valence-electron chi connectivity index (χ4n) is 2.93. The Morgan fingerprint density at radius 2 is 1.91 bits per heavy atom. The molecule has 0 bridgehead atoms. The van der Waals surface area contributed by atoms with E-state index in [0.29, 0.717) is 0 Å². The van der Waals surface area contributed by atoms with Gasteiger partial charge in [-0.15, -0.1) is 11.3 Å². The molecule has 0 unspecified atom stereocenters. The molecule has 0 fully saturated rings. The molecule has 1 aliphatic rings. The first-order valence-electron chi connectivity index (χ1n) is 7.26. The number of aromatic hydroxyl groups is 1. The molecule has 3 aromatic rings. The van der Waals surface area contributed by atoms with Gasteiger partial charge in [-0.3, -0.25) is 0 Å². The van der Waals surface area contributed by atoms with Gasteiger partial charge in [0.25, 0.3) is 0 Å². The van der Waals surface area contributed by atoms with Crippen LogP contribution in [0, 0.1) is 0 Å². The normalized spacial score (nSPS) is 13.3. The van der Waals surface area contributed by atoms with E-state index in [1.165, 1.54) is 15.3 Å². The zero-order valence-corrected chi connectivity index (χ0v) is 12.7. The summed E-state index contributed by atoms with van der Waals surface area (Å²) in [7, 11) is 0. The number of hydrogen-bond donors (Lipinski definition) is 2. The van der Waals surface area contributed by atoms with Gasteiger partial charge >= 0.3 is 0 Å². The van der Waals surface area contributed by atoms with Gasteiger partial charge in [0.2, 0.25) is 11.8 Å². The third-order valence-corrected chi connectivity index (χ3v) is 5.20. The molecular weight excluding hydrogens is 294 g/mol. The first kappa shape index (κ1) is 13.3. The number of fused-ring (bicyclic) bond motifs is 3. The highest BCUT2D eigenvalue weighted by atomic mass is 32.1. The second kappa shape index (κ2) is 5.10. The maximum Gasteiger partial charge on any atom is 0.223 e. The van der Waals surface area contributed by atoms with Gasteiger partial charge in [0.15, 0.2) is 0 Å². The van der Waals surface area contributed by atoms with Crippen LogP contribution in [0.3, 0.4) is 0 Å². The third kappa shape index (κ3) is 2.14. The second-order valence-electron chi connectivity index (χ2n) is 5.40. The fraction of sp³-hybridized carbons (Fsp3) is 0.176. The van der Waals surface area contributed by atoms with Crippen molar-refractivity contribution in [2.75, 3.05) is 5.73 Å². The first-order valence-corrected chi connectivity index (χ1v) is 8.08. The van der Waals surface area contributed by atoms with E-state index in [4.69, 9.17) is 5.73 Å². The van der Waals surface area contributed by atoms with Crippen molar-refractivity contribution in [1.29, 1.82) is 0 Å². The van der Waals surface area contributed by atoms with Gasteiger partial charge in [-0.05, 0) is 30.9 Å². The molecule has 22 heavy (non-hydrogen) atoms. The lowest BCUT2D eigenvalue weighted by atomic mass is 10.1. The molecule has 0 aliphatic heterocycles. The van der Waals surface area contributed by atoms with Crippen LogP contribution in [0.2, 0.25) is 0 Å². The van der Waals surface area contributed by atoms with Crippen LogP contribution in [-0.2, 0) is 12.8 Å². The number of thiophene rings is 1. The van der Waals surface area contributed by atoms with Gasteiger partial charge in [-0.1, -0.05) is 30.3 Å². The Balaban J connectivity index is 1.92. The van der Waals surface area contributed by atoms with Gasteiger partial charge in [-0.2, -0.15) is 4.98 Å². The molecule has 0 amide bonds. The summed E-state index contributed by atoms with van der Waals surface area (Å²) in [6.07, 6.45) is 2.75. The minimum absolute atomic E-state index is 0.0165. The molecule has 2 aromatic heterocycles. The van der Waals surface area contributed by atoms with Crippen LogP contribution in [0.25, 0.3) is 21.7 Å². The van der Waals surface area contributed by atoms with E-state index in [0.717, 1.165) is 36.1 Å². The minimum Gasteiger partial charge on any atom is -0.493 e. The van der Waals surface area contributed by atoms with E-state index >= 15 is 0 Å². The van der Waals surface area contributed by atoms with Gasteiger partial charge in [-0.25, -0.2) is 4.98 Å². The standard InChI is InChI=1S/C17H15N3OS/c18-17-19-15-11(16(21)20-17)7-4-8-13-12(15)9-14(22-13)10-5-2-1-3-6-10/h1-3,5-6,9H,4,7-8H2,(H3,18,19,20,21). The SMILES string of the molecule is Nc1nc(O)c2c(n1)-c1cc(-c3ccccc3)sc1CCC2. The molecule has 0 radical (unpaired) electrons. The first-order chi connectivity index (χ1) is 10.7. The average Bonchev–Trinajstić information content (AvgIpc) is 2.86. The molecule has 0 atom stereocenters. The molecule has 4 nitrogen and oxygen atoms in total. The quantitative estimate of drug-likeness (QED) is 0.719. The van der Waals surface area contributed by atoms with E-state index in [2.05, 4.69) is 28.2 Å². The number of nitrogens with zero attached hydrogens (tertiary/aromatic N) is 2. The van der Waals surface area contributed by atoms with Crippen molar-refractivity contribution in [3.05, 3.63) is 46.8 Å². The lowest BCUT2D eigenvalue weighted by Gasteiger charge is -2.07. The van der Waals surface area contributed by atoms with Crippen LogP contribution in [0.5, 0.6) is 5.88 Å². The number of rotatable bonds is 1. The Morgan fingerprint density at radius 3 is 2.73 bits per heavy atom. The minimum atomic E-state index is 0.0165. The lowest BCUT2D eigenvalue weighted by Crippen LogP contribution is -2.00. The molecule has 3 N–H and O–H groups in total. The maximum absolute atomic E-state index is 10.1. The Hall–Kier alpha value is -2.40. The zero-order valence-electron chi connectivity index (χ0n) is 11.9. The Morgan fingerprint density at radius 1 is 1.09 bits per heavy atom. The molecular formula is C17H15N3OS. The highest BCUT2D eigenvalue weighted by Crippen LogP contribution is 2.42. The van der Waals surface area contributed by atoms with Crippen LogP contribution < -0.4 is 5.73 Å². The summed E-state index contributed by atoms with van der Waals surface area (Å²) in [4.78, 5) is 10.8. The van der Waals surface area contributed by atoms with Crippen molar-refractivity contribution >= 4 is 17.3 Å². The Kier molecular flexibility index (Phi) is 3.08. The molecule has 1 aliphatic carbocycles. The average molecular weight is 309 g/mol. The maximum atomic E-state index is 10.1. The highest BCUT2D eigenvalue weighted by Gasteiger charge is 2.23. The summed E-state index contributed by atoms with van der Waals surface area (Å²) in [5.74, 6) is 0.138.